The highest BCUT2D eigenvalue weighted by Crippen LogP contribution is 2.31. The van der Waals surface area contributed by atoms with E-state index in [4.69, 9.17) is 4.74 Å². The molecule has 2 aromatic carbocycles. The molecule has 2 heterocycles. The number of rotatable bonds is 3. The Bertz CT molecular complexity index is 1050. The molecule has 1 N–H and O–H groups in total. The number of pyridine rings is 1. The minimum Gasteiger partial charge on any atom is -0.496 e. The second-order valence-electron chi connectivity index (χ2n) is 6.92. The molecule has 1 atom stereocenters. The molecule has 1 aliphatic heterocycles. The van der Waals surface area contributed by atoms with Crippen LogP contribution in [-0.2, 0) is 0 Å². The Labute approximate surface area is 187 Å². The van der Waals surface area contributed by atoms with Crippen molar-refractivity contribution in [3.05, 3.63) is 71.2 Å². The first-order valence-corrected chi connectivity index (χ1v) is 9.30. The number of benzene rings is 2. The Morgan fingerprint density at radius 2 is 1.97 bits per heavy atom. The minimum atomic E-state index is -0.336. The number of nitrogens with one attached hydrogen (secondary N) is 1. The number of fused-ring (bicyclic) bond motifs is 1. The first-order valence-electron chi connectivity index (χ1n) is 9.30. The van der Waals surface area contributed by atoms with E-state index in [1.807, 2.05) is 29.2 Å². The van der Waals surface area contributed by atoms with Crippen molar-refractivity contribution in [1.82, 2.24) is 15.2 Å². The molecule has 1 fully saturated rings. The molecule has 160 valence electrons. The number of ether oxygens (including phenoxy) is 1. The highest BCUT2D eigenvalue weighted by molar-refractivity contribution is 5.99. The van der Waals surface area contributed by atoms with Crippen molar-refractivity contribution in [2.24, 2.45) is 0 Å². The van der Waals surface area contributed by atoms with Crippen LogP contribution < -0.4 is 10.1 Å². The van der Waals surface area contributed by atoms with E-state index in [-0.39, 0.29) is 42.6 Å². The molecule has 1 aromatic heterocycles. The lowest BCUT2D eigenvalue weighted by Crippen LogP contribution is -2.49. The van der Waals surface area contributed by atoms with Crippen molar-refractivity contribution in [3.8, 4) is 5.75 Å². The monoisotopic (exact) mass is 451 g/mol. The van der Waals surface area contributed by atoms with Crippen LogP contribution >= 0.6 is 24.8 Å². The van der Waals surface area contributed by atoms with Gasteiger partial charge in [0.2, 0.25) is 0 Å². The summed E-state index contributed by atoms with van der Waals surface area (Å²) in [6, 6.07) is 13.9. The summed E-state index contributed by atoms with van der Waals surface area (Å²) < 4.78 is 19.0. The van der Waals surface area contributed by atoms with Gasteiger partial charge in [0, 0.05) is 36.7 Å². The smallest absolute Gasteiger partial charge is 0.256 e. The third kappa shape index (κ3) is 4.51. The van der Waals surface area contributed by atoms with Gasteiger partial charge in [-0.1, -0.05) is 18.2 Å². The maximum atomic E-state index is 13.5. The standard InChI is InChI=1S/C22H22FN3O2.2ClH/c1-14-18(11-15-7-8-16(23)12-19(15)25-14)22(27)26-10-9-24-13-20(26)17-5-3-4-6-21(17)28-2;;/h3-8,11-12,20,24H,9-10,13H2,1-2H3;2*1H. The quantitative estimate of drug-likeness (QED) is 0.643. The number of methoxy groups -OCH3 is 1. The van der Waals surface area contributed by atoms with Gasteiger partial charge in [0.25, 0.3) is 5.91 Å². The van der Waals surface area contributed by atoms with Crippen molar-refractivity contribution in [3.63, 3.8) is 0 Å². The summed E-state index contributed by atoms with van der Waals surface area (Å²) >= 11 is 0. The molecule has 1 saturated heterocycles. The molecule has 4 rings (SSSR count). The third-order valence-corrected chi connectivity index (χ3v) is 5.20. The van der Waals surface area contributed by atoms with E-state index in [0.29, 0.717) is 29.9 Å². The average molecular weight is 452 g/mol. The highest BCUT2D eigenvalue weighted by Gasteiger charge is 2.31. The van der Waals surface area contributed by atoms with Crippen LogP contribution in [0.2, 0.25) is 0 Å². The van der Waals surface area contributed by atoms with Crippen molar-refractivity contribution in [2.75, 3.05) is 26.7 Å². The van der Waals surface area contributed by atoms with E-state index in [2.05, 4.69) is 10.3 Å². The molecule has 1 amide bonds. The number of para-hydroxylation sites is 1. The number of aromatic nitrogens is 1. The van der Waals surface area contributed by atoms with E-state index in [1.165, 1.54) is 12.1 Å². The zero-order chi connectivity index (χ0) is 19.7. The van der Waals surface area contributed by atoms with Crippen molar-refractivity contribution in [2.45, 2.75) is 13.0 Å². The summed E-state index contributed by atoms with van der Waals surface area (Å²) in [6.07, 6.45) is 0. The number of piperazine rings is 1. The fourth-order valence-electron chi connectivity index (χ4n) is 3.77. The van der Waals surface area contributed by atoms with Crippen LogP contribution in [0.3, 0.4) is 0 Å². The molecule has 30 heavy (non-hydrogen) atoms. The van der Waals surface area contributed by atoms with Crippen LogP contribution in [0.25, 0.3) is 10.9 Å². The second-order valence-corrected chi connectivity index (χ2v) is 6.92. The molecule has 3 aromatic rings. The van der Waals surface area contributed by atoms with Gasteiger partial charge in [-0.2, -0.15) is 0 Å². The van der Waals surface area contributed by atoms with Gasteiger partial charge in [-0.15, -0.1) is 24.8 Å². The van der Waals surface area contributed by atoms with Crippen LogP contribution in [0.4, 0.5) is 4.39 Å². The summed E-state index contributed by atoms with van der Waals surface area (Å²) in [7, 11) is 1.64. The maximum absolute atomic E-state index is 13.5. The van der Waals surface area contributed by atoms with E-state index >= 15 is 0 Å². The van der Waals surface area contributed by atoms with Gasteiger partial charge in [-0.05, 0) is 31.2 Å². The normalized spacial score (nSPS) is 15.8. The Kier molecular flexibility index (Phi) is 8.01. The minimum absolute atomic E-state index is 0. The molecule has 0 aliphatic carbocycles. The lowest BCUT2D eigenvalue weighted by atomic mass is 10.00. The number of carbonyl (C=O) groups is 1. The lowest BCUT2D eigenvalue weighted by Gasteiger charge is -2.37. The summed E-state index contributed by atoms with van der Waals surface area (Å²) in [5.74, 6) is 0.350. The SMILES string of the molecule is COc1ccccc1C1CNCCN1C(=O)c1cc2ccc(F)cc2nc1C.Cl.Cl. The van der Waals surface area contributed by atoms with Crippen LogP contribution in [0.1, 0.15) is 27.7 Å². The van der Waals surface area contributed by atoms with E-state index in [0.717, 1.165) is 23.2 Å². The Balaban J connectivity index is 0.00000160. The molecule has 0 bridgehead atoms. The topological polar surface area (TPSA) is 54.5 Å². The number of hydrogen-bond donors (Lipinski definition) is 1. The highest BCUT2D eigenvalue weighted by atomic mass is 35.5. The lowest BCUT2D eigenvalue weighted by molar-refractivity contribution is 0.0630. The Morgan fingerprint density at radius 1 is 1.20 bits per heavy atom. The molecule has 0 radical (unpaired) electrons. The van der Waals surface area contributed by atoms with Crippen molar-refractivity contribution in [1.29, 1.82) is 0 Å². The van der Waals surface area contributed by atoms with Crippen LogP contribution in [0.15, 0.2) is 48.5 Å². The van der Waals surface area contributed by atoms with E-state index < -0.39 is 0 Å². The van der Waals surface area contributed by atoms with Gasteiger partial charge < -0.3 is 15.0 Å². The first-order chi connectivity index (χ1) is 13.6. The van der Waals surface area contributed by atoms with Crippen LogP contribution in [0, 0.1) is 12.7 Å². The van der Waals surface area contributed by atoms with Gasteiger partial charge in [-0.3, -0.25) is 9.78 Å². The largest absolute Gasteiger partial charge is 0.496 e. The second kappa shape index (κ2) is 10.1. The summed E-state index contributed by atoms with van der Waals surface area (Å²) in [6.45, 7) is 3.75. The first kappa shape index (κ1) is 23.9. The number of nitrogens with zero attached hydrogens (tertiary/aromatic N) is 2. The predicted molar refractivity (Wildman–Crippen MR) is 121 cm³/mol. The molecule has 0 spiro atoms. The van der Waals surface area contributed by atoms with Crippen LogP contribution in [-0.4, -0.2) is 42.5 Å². The van der Waals surface area contributed by atoms with Gasteiger partial charge in [0.15, 0.2) is 0 Å². The molecule has 5 nitrogen and oxygen atoms in total. The number of aryl methyl sites for hydroxylation is 1. The number of carbonyl (C=O) groups excluding carboxylic acids is 1. The fourth-order valence-corrected chi connectivity index (χ4v) is 3.77. The van der Waals surface area contributed by atoms with Gasteiger partial charge in [0.1, 0.15) is 11.6 Å². The summed E-state index contributed by atoms with van der Waals surface area (Å²) in [5, 5.41) is 4.11. The van der Waals surface area contributed by atoms with Gasteiger partial charge in [-0.25, -0.2) is 4.39 Å². The van der Waals surface area contributed by atoms with Crippen molar-refractivity contribution >= 4 is 41.6 Å². The van der Waals surface area contributed by atoms with Crippen molar-refractivity contribution < 1.29 is 13.9 Å². The number of hydrogen-bond acceptors (Lipinski definition) is 4. The van der Waals surface area contributed by atoms with Gasteiger partial charge >= 0.3 is 0 Å². The zero-order valence-electron chi connectivity index (χ0n) is 16.7. The maximum Gasteiger partial charge on any atom is 0.256 e. The summed E-state index contributed by atoms with van der Waals surface area (Å²) in [4.78, 5) is 19.8. The van der Waals surface area contributed by atoms with Gasteiger partial charge in [0.05, 0.1) is 29.9 Å². The molecular weight excluding hydrogens is 428 g/mol. The van der Waals surface area contributed by atoms with E-state index in [9.17, 15) is 9.18 Å². The van der Waals surface area contributed by atoms with Crippen LogP contribution in [0.5, 0.6) is 5.75 Å². The molecule has 1 aliphatic rings. The fraction of sp³-hybridized carbons (Fsp3) is 0.273. The summed E-state index contributed by atoms with van der Waals surface area (Å²) in [5.41, 5.74) is 2.66. The predicted octanol–water partition coefficient (Wildman–Crippen LogP) is 4.32. The Morgan fingerprint density at radius 3 is 2.73 bits per heavy atom. The van der Waals surface area contributed by atoms with E-state index in [1.54, 1.807) is 26.2 Å². The number of halogens is 3. The Hall–Kier alpha value is -2.41. The average Bonchev–Trinajstić information content (AvgIpc) is 2.72. The third-order valence-electron chi connectivity index (χ3n) is 5.20. The molecule has 8 heteroatoms. The molecule has 0 saturated carbocycles. The molecule has 1 unspecified atom stereocenters. The molecular formula is C22H24Cl2FN3O2. The number of amides is 1. The zero-order valence-corrected chi connectivity index (χ0v) is 18.4.